The highest BCUT2D eigenvalue weighted by atomic mass is 16.2. The van der Waals surface area contributed by atoms with Gasteiger partial charge in [-0.15, -0.1) is 5.10 Å². The highest BCUT2D eigenvalue weighted by Crippen LogP contribution is 2.21. The van der Waals surface area contributed by atoms with Crippen molar-refractivity contribution in [2.45, 2.75) is 51.2 Å². The van der Waals surface area contributed by atoms with E-state index in [-0.39, 0.29) is 12.5 Å². The molecule has 1 aromatic rings. The van der Waals surface area contributed by atoms with E-state index in [9.17, 15) is 4.79 Å². The minimum atomic E-state index is 0.118. The summed E-state index contributed by atoms with van der Waals surface area (Å²) >= 11 is 0. The van der Waals surface area contributed by atoms with Crippen molar-refractivity contribution < 1.29 is 4.79 Å². The number of likely N-dealkylation sites (N-methyl/N-ethyl adjacent to an activating group) is 1. The molecular formula is C13H23N5O. The van der Waals surface area contributed by atoms with Gasteiger partial charge >= 0.3 is 0 Å². The molecule has 6 heteroatoms. The predicted octanol–water partition coefficient (Wildman–Crippen LogP) is 0.789. The summed E-state index contributed by atoms with van der Waals surface area (Å²) in [6, 6.07) is 0.404. The number of hydrogen-bond donors (Lipinski definition) is 1. The van der Waals surface area contributed by atoms with Gasteiger partial charge in [0.1, 0.15) is 6.54 Å². The number of carbonyl (C=O) groups is 1. The Hall–Kier alpha value is -1.43. The van der Waals surface area contributed by atoms with Gasteiger partial charge in [0.15, 0.2) is 0 Å². The number of aromatic nitrogens is 3. The Morgan fingerprint density at radius 1 is 1.47 bits per heavy atom. The normalized spacial score (nSPS) is 16.5. The van der Waals surface area contributed by atoms with Crippen LogP contribution in [0, 0.1) is 0 Å². The monoisotopic (exact) mass is 265 g/mol. The van der Waals surface area contributed by atoms with Gasteiger partial charge in [0.25, 0.3) is 0 Å². The maximum absolute atomic E-state index is 12.2. The Labute approximate surface area is 114 Å². The lowest BCUT2D eigenvalue weighted by Crippen LogP contribution is -2.40. The molecule has 0 aliphatic heterocycles. The molecule has 19 heavy (non-hydrogen) atoms. The number of nitrogens with zero attached hydrogens (tertiary/aromatic N) is 4. The topological polar surface area (TPSA) is 63.1 Å². The van der Waals surface area contributed by atoms with Crippen LogP contribution in [0.25, 0.3) is 0 Å². The van der Waals surface area contributed by atoms with Gasteiger partial charge in [-0.25, -0.2) is 4.68 Å². The zero-order chi connectivity index (χ0) is 13.7. The van der Waals surface area contributed by atoms with Gasteiger partial charge in [-0.2, -0.15) is 0 Å². The smallest absolute Gasteiger partial charge is 0.244 e. The largest absolute Gasteiger partial charge is 0.341 e. The van der Waals surface area contributed by atoms with Crippen LogP contribution in [0.1, 0.15) is 37.8 Å². The second kappa shape index (κ2) is 6.65. The van der Waals surface area contributed by atoms with E-state index < -0.39 is 0 Å². The molecule has 1 aromatic heterocycles. The zero-order valence-electron chi connectivity index (χ0n) is 11.8. The molecule has 0 bridgehead atoms. The standard InChI is InChI=1S/C13H23N5O/c1-14-8-11-9-18(16-15-11)10-13(19)17(2)12-6-4-3-5-7-12/h9,12,14H,3-8,10H2,1-2H3. The number of nitrogens with one attached hydrogen (secondary N) is 1. The highest BCUT2D eigenvalue weighted by molar-refractivity contribution is 5.75. The van der Waals surface area contributed by atoms with Crippen LogP contribution in [0.2, 0.25) is 0 Å². The van der Waals surface area contributed by atoms with Gasteiger partial charge < -0.3 is 10.2 Å². The summed E-state index contributed by atoms with van der Waals surface area (Å²) in [5, 5.41) is 11.0. The molecular weight excluding hydrogens is 242 g/mol. The molecule has 0 spiro atoms. The number of rotatable bonds is 5. The lowest BCUT2D eigenvalue weighted by Gasteiger charge is -2.31. The molecule has 0 radical (unpaired) electrons. The average molecular weight is 265 g/mol. The molecule has 1 aliphatic carbocycles. The van der Waals surface area contributed by atoms with Crippen LogP contribution >= 0.6 is 0 Å². The summed E-state index contributed by atoms with van der Waals surface area (Å²) in [5.41, 5.74) is 0.857. The first-order valence-electron chi connectivity index (χ1n) is 7.00. The summed E-state index contributed by atoms with van der Waals surface area (Å²) in [4.78, 5) is 14.1. The second-order valence-corrected chi connectivity index (χ2v) is 5.23. The lowest BCUT2D eigenvalue weighted by atomic mass is 9.94. The molecule has 1 aliphatic rings. The third kappa shape index (κ3) is 3.76. The third-order valence-electron chi connectivity index (χ3n) is 3.76. The molecule has 1 fully saturated rings. The van der Waals surface area contributed by atoms with Crippen LogP contribution in [-0.2, 0) is 17.9 Å². The maximum atomic E-state index is 12.2. The van der Waals surface area contributed by atoms with Gasteiger partial charge in [0, 0.05) is 19.6 Å². The first-order chi connectivity index (χ1) is 9.20. The molecule has 1 N–H and O–H groups in total. The van der Waals surface area contributed by atoms with Crippen molar-refractivity contribution in [3.63, 3.8) is 0 Å². The van der Waals surface area contributed by atoms with Crippen LogP contribution in [0.15, 0.2) is 6.20 Å². The van der Waals surface area contributed by atoms with Crippen molar-refractivity contribution in [2.24, 2.45) is 0 Å². The fourth-order valence-electron chi connectivity index (χ4n) is 2.60. The highest BCUT2D eigenvalue weighted by Gasteiger charge is 2.22. The van der Waals surface area contributed by atoms with E-state index in [1.807, 2.05) is 25.2 Å². The lowest BCUT2D eigenvalue weighted by molar-refractivity contribution is -0.133. The Morgan fingerprint density at radius 3 is 2.89 bits per heavy atom. The number of amides is 1. The fraction of sp³-hybridized carbons (Fsp3) is 0.769. The Bertz CT molecular complexity index is 411. The summed E-state index contributed by atoms with van der Waals surface area (Å²) in [5.74, 6) is 0.118. The minimum Gasteiger partial charge on any atom is -0.341 e. The fourth-order valence-corrected chi connectivity index (χ4v) is 2.60. The van der Waals surface area contributed by atoms with Crippen molar-refractivity contribution in [3.05, 3.63) is 11.9 Å². The summed E-state index contributed by atoms with van der Waals surface area (Å²) in [6.45, 7) is 0.955. The maximum Gasteiger partial charge on any atom is 0.244 e. The predicted molar refractivity (Wildman–Crippen MR) is 72.4 cm³/mol. The SMILES string of the molecule is CNCc1cn(CC(=O)N(C)C2CCCCC2)nn1. The van der Waals surface area contributed by atoms with Crippen molar-refractivity contribution in [1.82, 2.24) is 25.2 Å². The van der Waals surface area contributed by atoms with E-state index in [1.54, 1.807) is 4.68 Å². The molecule has 0 saturated heterocycles. The first kappa shape index (κ1) is 14.0. The summed E-state index contributed by atoms with van der Waals surface area (Å²) < 4.78 is 1.62. The van der Waals surface area contributed by atoms with Crippen LogP contribution in [0.3, 0.4) is 0 Å². The molecule has 1 amide bonds. The Balaban J connectivity index is 1.88. The van der Waals surface area contributed by atoms with Gasteiger partial charge in [0.2, 0.25) is 5.91 Å². The van der Waals surface area contributed by atoms with E-state index in [4.69, 9.17) is 0 Å². The van der Waals surface area contributed by atoms with Crippen LogP contribution in [0.4, 0.5) is 0 Å². The Morgan fingerprint density at radius 2 is 2.21 bits per heavy atom. The van der Waals surface area contributed by atoms with Crippen LogP contribution < -0.4 is 5.32 Å². The second-order valence-electron chi connectivity index (χ2n) is 5.23. The Kier molecular flexibility index (Phi) is 4.90. The van der Waals surface area contributed by atoms with Crippen molar-refractivity contribution >= 4 is 5.91 Å². The molecule has 2 rings (SSSR count). The minimum absolute atomic E-state index is 0.118. The van der Waals surface area contributed by atoms with Crippen LogP contribution in [0.5, 0.6) is 0 Å². The first-order valence-corrected chi connectivity index (χ1v) is 7.00. The number of hydrogen-bond acceptors (Lipinski definition) is 4. The van der Waals surface area contributed by atoms with Gasteiger partial charge in [0.05, 0.1) is 11.9 Å². The van der Waals surface area contributed by atoms with E-state index in [0.29, 0.717) is 12.6 Å². The third-order valence-corrected chi connectivity index (χ3v) is 3.76. The van der Waals surface area contributed by atoms with Gasteiger partial charge in [-0.05, 0) is 19.9 Å². The van der Waals surface area contributed by atoms with Gasteiger partial charge in [-0.1, -0.05) is 24.5 Å². The average Bonchev–Trinajstić information content (AvgIpc) is 2.86. The summed E-state index contributed by atoms with van der Waals surface area (Å²) in [7, 11) is 3.77. The molecule has 0 unspecified atom stereocenters. The van der Waals surface area contributed by atoms with E-state index >= 15 is 0 Å². The molecule has 1 saturated carbocycles. The van der Waals surface area contributed by atoms with E-state index in [0.717, 1.165) is 18.5 Å². The molecule has 6 nitrogen and oxygen atoms in total. The van der Waals surface area contributed by atoms with Crippen molar-refractivity contribution in [2.75, 3.05) is 14.1 Å². The molecule has 106 valence electrons. The molecule has 1 heterocycles. The van der Waals surface area contributed by atoms with Gasteiger partial charge in [-0.3, -0.25) is 4.79 Å². The molecule has 0 atom stereocenters. The zero-order valence-corrected chi connectivity index (χ0v) is 11.8. The molecule has 0 aromatic carbocycles. The van der Waals surface area contributed by atoms with E-state index in [2.05, 4.69) is 15.6 Å². The van der Waals surface area contributed by atoms with Crippen molar-refractivity contribution in [1.29, 1.82) is 0 Å². The quantitative estimate of drug-likeness (QED) is 0.855. The number of carbonyl (C=O) groups excluding carboxylic acids is 1. The van der Waals surface area contributed by atoms with E-state index in [1.165, 1.54) is 19.3 Å². The van der Waals surface area contributed by atoms with Crippen LogP contribution in [-0.4, -0.2) is 45.9 Å². The summed E-state index contributed by atoms with van der Waals surface area (Å²) in [6.07, 6.45) is 7.85. The van der Waals surface area contributed by atoms with Crippen molar-refractivity contribution in [3.8, 4) is 0 Å².